The van der Waals surface area contributed by atoms with Gasteiger partial charge in [0.25, 0.3) is 5.91 Å². The number of hydrogen-bond donors (Lipinski definition) is 1. The minimum Gasteiger partial charge on any atom is -0.454 e. The zero-order valence-corrected chi connectivity index (χ0v) is 19.6. The molecule has 1 unspecified atom stereocenters. The smallest absolute Gasteiger partial charge is 0.325 e. The summed E-state index contributed by atoms with van der Waals surface area (Å²) in [6.45, 7) is 5.05. The number of ether oxygens (including phenoxy) is 2. The van der Waals surface area contributed by atoms with Gasteiger partial charge in [0, 0.05) is 27.7 Å². The van der Waals surface area contributed by atoms with Crippen LogP contribution in [0.2, 0.25) is 5.02 Å². The molecule has 34 heavy (non-hydrogen) atoms. The molecule has 2 aromatic carbocycles. The van der Waals surface area contributed by atoms with Crippen LogP contribution in [-0.4, -0.2) is 40.5 Å². The highest BCUT2D eigenvalue weighted by Crippen LogP contribution is 2.38. The zero-order valence-electron chi connectivity index (χ0n) is 18.8. The molecule has 0 bridgehead atoms. The Labute approximate surface area is 201 Å². The Hall–Kier alpha value is -3.78. The molecule has 0 aliphatic carbocycles. The highest BCUT2D eigenvalue weighted by Gasteiger charge is 2.50. The lowest BCUT2D eigenvalue weighted by Crippen LogP contribution is -2.41. The number of halogens is 1. The second kappa shape index (κ2) is 7.92. The van der Waals surface area contributed by atoms with Crippen LogP contribution in [0.25, 0.3) is 5.69 Å². The van der Waals surface area contributed by atoms with Gasteiger partial charge in [0.05, 0.1) is 6.54 Å². The number of aryl methyl sites for hydroxylation is 1. The number of urea groups is 1. The molecule has 5 rings (SSSR count). The summed E-state index contributed by atoms with van der Waals surface area (Å²) in [7, 11) is 0. The van der Waals surface area contributed by atoms with Gasteiger partial charge in [0.15, 0.2) is 17.3 Å². The van der Waals surface area contributed by atoms with E-state index in [9.17, 15) is 14.4 Å². The van der Waals surface area contributed by atoms with E-state index in [2.05, 4.69) is 5.32 Å². The Morgan fingerprint density at radius 3 is 2.62 bits per heavy atom. The second-order valence-corrected chi connectivity index (χ2v) is 8.97. The van der Waals surface area contributed by atoms with Crippen LogP contribution in [0, 0.1) is 13.8 Å². The van der Waals surface area contributed by atoms with E-state index in [0.29, 0.717) is 33.3 Å². The number of Topliss-reactive ketones (excluding diaryl/α,β-unsaturated/α-hetero) is 1. The Morgan fingerprint density at radius 1 is 1.09 bits per heavy atom. The van der Waals surface area contributed by atoms with Gasteiger partial charge in [-0.05, 0) is 62.7 Å². The van der Waals surface area contributed by atoms with Crippen LogP contribution in [0.3, 0.4) is 0 Å². The summed E-state index contributed by atoms with van der Waals surface area (Å²) in [6, 6.07) is 13.5. The minimum atomic E-state index is -1.32. The Kier molecular flexibility index (Phi) is 5.13. The first-order valence-corrected chi connectivity index (χ1v) is 11.1. The second-order valence-electron chi connectivity index (χ2n) is 8.54. The molecule has 1 atom stereocenters. The summed E-state index contributed by atoms with van der Waals surface area (Å²) in [5, 5.41) is 3.31. The summed E-state index contributed by atoms with van der Waals surface area (Å²) in [5.74, 6) is 0.239. The van der Waals surface area contributed by atoms with Crippen molar-refractivity contribution < 1.29 is 23.9 Å². The van der Waals surface area contributed by atoms with Crippen molar-refractivity contribution in [2.24, 2.45) is 0 Å². The third kappa shape index (κ3) is 3.42. The number of rotatable bonds is 5. The topological polar surface area (TPSA) is 89.9 Å². The number of imide groups is 1. The van der Waals surface area contributed by atoms with Gasteiger partial charge in [-0.3, -0.25) is 14.5 Å². The van der Waals surface area contributed by atoms with E-state index in [1.54, 1.807) is 37.3 Å². The molecule has 0 saturated carbocycles. The van der Waals surface area contributed by atoms with E-state index in [-0.39, 0.29) is 19.1 Å². The van der Waals surface area contributed by atoms with Crippen LogP contribution in [-0.2, 0) is 10.3 Å². The number of hydrogen-bond acceptors (Lipinski definition) is 5. The van der Waals surface area contributed by atoms with E-state index >= 15 is 0 Å². The fraction of sp³-hybridized carbons (Fsp3) is 0.240. The highest BCUT2D eigenvalue weighted by atomic mass is 35.5. The van der Waals surface area contributed by atoms with Crippen LogP contribution in [0.15, 0.2) is 48.5 Å². The Morgan fingerprint density at radius 2 is 1.85 bits per heavy atom. The molecule has 1 fully saturated rings. The molecule has 0 spiro atoms. The number of fused-ring (bicyclic) bond motifs is 1. The maximum atomic E-state index is 13.3. The first-order valence-electron chi connectivity index (χ1n) is 10.7. The number of nitrogens with one attached hydrogen (secondary N) is 1. The predicted molar refractivity (Wildman–Crippen MR) is 125 cm³/mol. The van der Waals surface area contributed by atoms with Gasteiger partial charge >= 0.3 is 6.03 Å². The molecule has 1 saturated heterocycles. The molecular weight excluding hydrogens is 458 g/mol. The standard InChI is InChI=1S/C25H22ClN3O5/c1-14-9-19(15(2)29(14)18-6-4-5-17(26)11-18)20(30)12-28-23(31)25(3,27-24(28)32)16-7-8-21-22(10-16)34-13-33-21/h4-11H,12-13H2,1-3H3,(H,27,32). The molecule has 174 valence electrons. The molecule has 9 heteroatoms. The third-order valence-electron chi connectivity index (χ3n) is 6.32. The lowest BCUT2D eigenvalue weighted by molar-refractivity contribution is -0.130. The van der Waals surface area contributed by atoms with Crippen molar-refractivity contribution in [2.45, 2.75) is 26.3 Å². The molecule has 0 radical (unpaired) electrons. The number of ketones is 1. The van der Waals surface area contributed by atoms with Gasteiger partial charge in [0.2, 0.25) is 6.79 Å². The van der Waals surface area contributed by atoms with Gasteiger partial charge < -0.3 is 19.4 Å². The Balaban J connectivity index is 1.41. The number of benzene rings is 2. The van der Waals surface area contributed by atoms with Crippen LogP contribution < -0.4 is 14.8 Å². The lowest BCUT2D eigenvalue weighted by Gasteiger charge is -2.22. The van der Waals surface area contributed by atoms with Gasteiger partial charge in [-0.15, -0.1) is 0 Å². The molecule has 3 aromatic rings. The number of amides is 3. The van der Waals surface area contributed by atoms with Crippen LogP contribution in [0.5, 0.6) is 11.5 Å². The average molecular weight is 480 g/mol. The summed E-state index contributed by atoms with van der Waals surface area (Å²) in [4.78, 5) is 40.3. The Bertz CT molecular complexity index is 1360. The molecule has 8 nitrogen and oxygen atoms in total. The van der Waals surface area contributed by atoms with Crippen molar-refractivity contribution in [3.05, 3.63) is 76.1 Å². The molecule has 1 aromatic heterocycles. The monoisotopic (exact) mass is 479 g/mol. The van der Waals surface area contributed by atoms with Gasteiger partial charge in [-0.1, -0.05) is 23.7 Å². The summed E-state index contributed by atoms with van der Waals surface area (Å²) in [6.07, 6.45) is 0. The molecule has 3 amide bonds. The van der Waals surface area contributed by atoms with Gasteiger partial charge in [0.1, 0.15) is 5.54 Å². The summed E-state index contributed by atoms with van der Waals surface area (Å²) in [5.41, 5.74) is 2.03. The van der Waals surface area contributed by atoms with Crippen molar-refractivity contribution in [2.75, 3.05) is 13.3 Å². The first-order chi connectivity index (χ1) is 16.2. The number of aromatic nitrogens is 1. The molecule has 2 aliphatic rings. The van der Waals surface area contributed by atoms with Crippen molar-refractivity contribution in [3.63, 3.8) is 0 Å². The first kappa shape index (κ1) is 22.0. The van der Waals surface area contributed by atoms with Gasteiger partial charge in [-0.25, -0.2) is 4.79 Å². The molecular formula is C25H22ClN3O5. The highest BCUT2D eigenvalue weighted by molar-refractivity contribution is 6.30. The average Bonchev–Trinajstić information content (AvgIpc) is 3.45. The van der Waals surface area contributed by atoms with Crippen molar-refractivity contribution in [1.82, 2.24) is 14.8 Å². The lowest BCUT2D eigenvalue weighted by atomic mass is 9.91. The van der Waals surface area contributed by atoms with Crippen LogP contribution >= 0.6 is 11.6 Å². The van der Waals surface area contributed by atoms with E-state index in [1.807, 2.05) is 36.6 Å². The van der Waals surface area contributed by atoms with E-state index in [1.165, 1.54) is 0 Å². The number of nitrogens with zero attached hydrogens (tertiary/aromatic N) is 2. The largest absolute Gasteiger partial charge is 0.454 e. The normalized spacial score (nSPS) is 19.0. The SMILES string of the molecule is Cc1cc(C(=O)CN2C(=O)NC(C)(c3ccc4c(c3)OCO4)C2=O)c(C)n1-c1cccc(Cl)c1. The predicted octanol–water partition coefficient (Wildman–Crippen LogP) is 4.13. The van der Waals surface area contributed by atoms with Crippen molar-refractivity contribution >= 4 is 29.3 Å². The fourth-order valence-corrected chi connectivity index (χ4v) is 4.71. The van der Waals surface area contributed by atoms with Crippen molar-refractivity contribution in [1.29, 1.82) is 0 Å². The summed E-state index contributed by atoms with van der Waals surface area (Å²) >= 11 is 6.14. The maximum Gasteiger partial charge on any atom is 0.325 e. The molecule has 1 N–H and O–H groups in total. The number of carbonyl (C=O) groups is 3. The maximum absolute atomic E-state index is 13.3. The van der Waals surface area contributed by atoms with E-state index in [4.69, 9.17) is 21.1 Å². The molecule has 2 aliphatic heterocycles. The van der Waals surface area contributed by atoms with E-state index < -0.39 is 17.5 Å². The minimum absolute atomic E-state index is 0.101. The quantitative estimate of drug-likeness (QED) is 0.439. The zero-order chi connectivity index (χ0) is 24.2. The van der Waals surface area contributed by atoms with Crippen LogP contribution in [0.4, 0.5) is 4.79 Å². The fourth-order valence-electron chi connectivity index (χ4n) is 4.53. The van der Waals surface area contributed by atoms with E-state index in [0.717, 1.165) is 16.3 Å². The molecule has 3 heterocycles. The summed E-state index contributed by atoms with van der Waals surface area (Å²) < 4.78 is 12.6. The van der Waals surface area contributed by atoms with Gasteiger partial charge in [-0.2, -0.15) is 0 Å². The van der Waals surface area contributed by atoms with Crippen molar-refractivity contribution in [3.8, 4) is 17.2 Å². The van der Waals surface area contributed by atoms with Crippen LogP contribution in [0.1, 0.15) is 34.2 Å². The third-order valence-corrected chi connectivity index (χ3v) is 6.56. The number of carbonyl (C=O) groups excluding carboxylic acids is 3.